The summed E-state index contributed by atoms with van der Waals surface area (Å²) >= 11 is 5.88. The number of amides is 2. The van der Waals surface area contributed by atoms with Crippen molar-refractivity contribution in [1.82, 2.24) is 14.8 Å². The second-order valence-corrected chi connectivity index (χ2v) is 8.64. The molecule has 0 radical (unpaired) electrons. The standard InChI is InChI=1S/C26H25ClFN3O4/c1-34-21-7-4-18(5-8-21)13-30-14-22(35-17-19-3-2-10-29-12-19)15-31(16-25(30)32)26(33)20-6-9-24(28)23(27)11-20/h2-12,22H,13-17H2,1H3. The van der Waals surface area contributed by atoms with Gasteiger partial charge >= 0.3 is 0 Å². The van der Waals surface area contributed by atoms with E-state index in [4.69, 9.17) is 21.1 Å². The first-order valence-electron chi connectivity index (χ1n) is 11.1. The summed E-state index contributed by atoms with van der Waals surface area (Å²) in [7, 11) is 1.59. The van der Waals surface area contributed by atoms with Gasteiger partial charge in [-0.15, -0.1) is 0 Å². The van der Waals surface area contributed by atoms with Crippen LogP contribution in [-0.2, 0) is 22.7 Å². The molecule has 1 unspecified atom stereocenters. The van der Waals surface area contributed by atoms with Gasteiger partial charge in [-0.25, -0.2) is 4.39 Å². The highest BCUT2D eigenvalue weighted by Crippen LogP contribution is 2.20. The smallest absolute Gasteiger partial charge is 0.254 e. The highest BCUT2D eigenvalue weighted by atomic mass is 35.5. The molecule has 182 valence electrons. The van der Waals surface area contributed by atoms with Crippen LogP contribution in [0.2, 0.25) is 5.02 Å². The molecule has 2 heterocycles. The lowest BCUT2D eigenvalue weighted by Crippen LogP contribution is -2.39. The average molecular weight is 498 g/mol. The second kappa shape index (κ2) is 11.3. The van der Waals surface area contributed by atoms with Crippen LogP contribution in [0.15, 0.2) is 67.0 Å². The van der Waals surface area contributed by atoms with E-state index in [1.54, 1.807) is 24.4 Å². The molecule has 0 aliphatic carbocycles. The van der Waals surface area contributed by atoms with Crippen LogP contribution >= 0.6 is 11.6 Å². The Bertz CT molecular complexity index is 1180. The fraction of sp³-hybridized carbons (Fsp3) is 0.269. The minimum atomic E-state index is -0.612. The van der Waals surface area contributed by atoms with Crippen LogP contribution in [0.4, 0.5) is 4.39 Å². The minimum absolute atomic E-state index is 0.128. The number of ether oxygens (including phenoxy) is 2. The summed E-state index contributed by atoms with van der Waals surface area (Å²) in [5.74, 6) is -0.516. The Hall–Kier alpha value is -3.49. The monoisotopic (exact) mass is 497 g/mol. The van der Waals surface area contributed by atoms with Gasteiger partial charge in [-0.1, -0.05) is 29.8 Å². The number of methoxy groups -OCH3 is 1. The first-order valence-corrected chi connectivity index (χ1v) is 11.5. The molecule has 1 aliphatic rings. The molecular weight excluding hydrogens is 473 g/mol. The third-order valence-corrected chi connectivity index (χ3v) is 6.01. The van der Waals surface area contributed by atoms with Crippen LogP contribution in [0.1, 0.15) is 21.5 Å². The van der Waals surface area contributed by atoms with Crippen LogP contribution < -0.4 is 4.74 Å². The first-order chi connectivity index (χ1) is 16.9. The quantitative estimate of drug-likeness (QED) is 0.494. The van der Waals surface area contributed by atoms with Gasteiger partial charge in [0.25, 0.3) is 5.91 Å². The Kier molecular flexibility index (Phi) is 7.94. The van der Waals surface area contributed by atoms with Gasteiger partial charge in [-0.3, -0.25) is 14.6 Å². The zero-order valence-corrected chi connectivity index (χ0v) is 20.0. The molecule has 1 fully saturated rings. The van der Waals surface area contributed by atoms with Crippen LogP contribution in [0, 0.1) is 5.82 Å². The maximum atomic E-state index is 13.6. The molecule has 1 saturated heterocycles. The molecule has 3 aromatic rings. The van der Waals surface area contributed by atoms with Crippen molar-refractivity contribution in [3.05, 3.63) is 94.5 Å². The number of rotatable bonds is 7. The second-order valence-electron chi connectivity index (χ2n) is 8.23. The van der Waals surface area contributed by atoms with Crippen molar-refractivity contribution >= 4 is 23.4 Å². The summed E-state index contributed by atoms with van der Waals surface area (Å²) in [6, 6.07) is 14.9. The Morgan fingerprint density at radius 1 is 1.14 bits per heavy atom. The molecule has 9 heteroatoms. The van der Waals surface area contributed by atoms with Gasteiger partial charge < -0.3 is 19.3 Å². The highest BCUT2D eigenvalue weighted by Gasteiger charge is 2.31. The van der Waals surface area contributed by atoms with Gasteiger partial charge in [0, 0.05) is 37.6 Å². The van der Waals surface area contributed by atoms with Gasteiger partial charge in [-0.2, -0.15) is 0 Å². The largest absolute Gasteiger partial charge is 0.497 e. The van der Waals surface area contributed by atoms with Gasteiger partial charge in [0.1, 0.15) is 18.1 Å². The summed E-state index contributed by atoms with van der Waals surface area (Å²) in [4.78, 5) is 33.6. The van der Waals surface area contributed by atoms with E-state index in [1.165, 1.54) is 17.0 Å². The lowest BCUT2D eigenvalue weighted by Gasteiger charge is -2.25. The Morgan fingerprint density at radius 3 is 2.63 bits per heavy atom. The maximum Gasteiger partial charge on any atom is 0.254 e. The summed E-state index contributed by atoms with van der Waals surface area (Å²) in [5, 5.41) is -0.150. The molecule has 2 aromatic carbocycles. The Labute approximate surface area is 208 Å². The molecule has 4 rings (SSSR count). The topological polar surface area (TPSA) is 72.0 Å². The molecular formula is C26H25ClFN3O4. The van der Waals surface area contributed by atoms with E-state index in [2.05, 4.69) is 4.98 Å². The SMILES string of the molecule is COc1ccc(CN2CC(OCc3cccnc3)CN(C(=O)c3ccc(F)c(Cl)c3)CC2=O)cc1. The molecule has 0 spiro atoms. The number of carbonyl (C=O) groups excluding carboxylic acids is 2. The molecule has 1 atom stereocenters. The number of benzene rings is 2. The van der Waals surface area contributed by atoms with E-state index >= 15 is 0 Å². The molecule has 0 saturated carbocycles. The van der Waals surface area contributed by atoms with E-state index in [-0.39, 0.29) is 36.2 Å². The van der Waals surface area contributed by atoms with E-state index in [1.807, 2.05) is 36.4 Å². The zero-order chi connectivity index (χ0) is 24.8. The van der Waals surface area contributed by atoms with Gasteiger partial charge in [-0.05, 0) is 47.5 Å². The summed E-state index contributed by atoms with van der Waals surface area (Å²) in [5.41, 5.74) is 2.02. The van der Waals surface area contributed by atoms with Crippen LogP contribution in [0.5, 0.6) is 5.75 Å². The first kappa shape index (κ1) is 24.6. The van der Waals surface area contributed by atoms with Crippen molar-refractivity contribution in [2.45, 2.75) is 19.3 Å². The molecule has 0 N–H and O–H groups in total. The van der Waals surface area contributed by atoms with Crippen molar-refractivity contribution in [2.75, 3.05) is 26.7 Å². The Morgan fingerprint density at radius 2 is 1.94 bits per heavy atom. The number of pyridine rings is 1. The number of hydrogen-bond acceptors (Lipinski definition) is 5. The minimum Gasteiger partial charge on any atom is -0.497 e. The maximum absolute atomic E-state index is 13.6. The van der Waals surface area contributed by atoms with E-state index in [0.29, 0.717) is 13.1 Å². The molecule has 7 nitrogen and oxygen atoms in total. The van der Waals surface area contributed by atoms with Crippen molar-refractivity contribution < 1.29 is 23.5 Å². The van der Waals surface area contributed by atoms with Crippen molar-refractivity contribution in [3.8, 4) is 5.75 Å². The molecule has 2 amide bonds. The molecule has 35 heavy (non-hydrogen) atoms. The van der Waals surface area contributed by atoms with E-state index in [9.17, 15) is 14.0 Å². The van der Waals surface area contributed by atoms with E-state index < -0.39 is 17.8 Å². The Balaban J connectivity index is 1.54. The van der Waals surface area contributed by atoms with E-state index in [0.717, 1.165) is 22.9 Å². The molecule has 0 bridgehead atoms. The van der Waals surface area contributed by atoms with Crippen molar-refractivity contribution in [1.29, 1.82) is 0 Å². The predicted molar refractivity (Wildman–Crippen MR) is 129 cm³/mol. The van der Waals surface area contributed by atoms with Crippen molar-refractivity contribution in [2.24, 2.45) is 0 Å². The summed E-state index contributed by atoms with van der Waals surface area (Å²) in [6.45, 7) is 1.02. The van der Waals surface area contributed by atoms with Crippen molar-refractivity contribution in [3.63, 3.8) is 0 Å². The van der Waals surface area contributed by atoms with Gasteiger partial charge in [0.15, 0.2) is 0 Å². The molecule has 1 aromatic heterocycles. The van der Waals surface area contributed by atoms with Crippen LogP contribution in [0.25, 0.3) is 0 Å². The van der Waals surface area contributed by atoms with Gasteiger partial charge in [0.05, 0.1) is 24.8 Å². The average Bonchev–Trinajstić information content (AvgIpc) is 3.03. The third kappa shape index (κ3) is 6.35. The molecule has 1 aliphatic heterocycles. The number of nitrogens with zero attached hydrogens (tertiary/aromatic N) is 3. The summed E-state index contributed by atoms with van der Waals surface area (Å²) in [6.07, 6.45) is 2.94. The fourth-order valence-corrected chi connectivity index (χ4v) is 4.03. The van der Waals surface area contributed by atoms with Crippen LogP contribution in [-0.4, -0.2) is 59.4 Å². The highest BCUT2D eigenvalue weighted by molar-refractivity contribution is 6.31. The van der Waals surface area contributed by atoms with Gasteiger partial charge in [0.2, 0.25) is 5.91 Å². The predicted octanol–water partition coefficient (Wildman–Crippen LogP) is 3.95. The lowest BCUT2D eigenvalue weighted by molar-refractivity contribution is -0.132. The van der Waals surface area contributed by atoms with Crippen LogP contribution in [0.3, 0.4) is 0 Å². The number of hydrogen-bond donors (Lipinski definition) is 0. The summed E-state index contributed by atoms with van der Waals surface area (Å²) < 4.78 is 24.9. The number of aromatic nitrogens is 1. The fourth-order valence-electron chi connectivity index (χ4n) is 3.85. The number of halogens is 2. The normalized spacial score (nSPS) is 16.2. The third-order valence-electron chi connectivity index (χ3n) is 5.72. The zero-order valence-electron chi connectivity index (χ0n) is 19.2. The lowest BCUT2D eigenvalue weighted by atomic mass is 10.2. The number of carbonyl (C=O) groups is 2.